The highest BCUT2D eigenvalue weighted by Crippen LogP contribution is 2.25. The molecule has 1 N–H and O–H groups in total. The molecule has 0 aliphatic heterocycles. The summed E-state index contributed by atoms with van der Waals surface area (Å²) in [5.41, 5.74) is 0.347. The molecule has 1 nitrogen and oxygen atoms in total. The topological polar surface area (TPSA) is 12.0 Å². The normalized spacial score (nSPS) is 12.5. The summed E-state index contributed by atoms with van der Waals surface area (Å²) < 4.78 is 52.9. The van der Waals surface area contributed by atoms with Gasteiger partial charge < -0.3 is 5.32 Å². The Hall–Kier alpha value is -1.88. The van der Waals surface area contributed by atoms with Crippen molar-refractivity contribution in [3.05, 3.63) is 70.8 Å². The Bertz CT molecular complexity index is 578. The second-order valence-corrected chi connectivity index (χ2v) is 4.09. The largest absolute Gasteiger partial charge is 0.309 e. The zero-order chi connectivity index (χ0) is 14.0. The van der Waals surface area contributed by atoms with Gasteiger partial charge in [0.15, 0.2) is 0 Å². The third kappa shape index (κ3) is 2.93. The second-order valence-electron chi connectivity index (χ2n) is 4.09. The zero-order valence-corrected chi connectivity index (χ0v) is 10.1. The van der Waals surface area contributed by atoms with Gasteiger partial charge in [0.05, 0.1) is 6.04 Å². The summed E-state index contributed by atoms with van der Waals surface area (Å²) in [4.78, 5) is 0. The van der Waals surface area contributed by atoms with E-state index in [2.05, 4.69) is 5.32 Å². The monoisotopic (exact) mass is 269 g/mol. The van der Waals surface area contributed by atoms with Gasteiger partial charge >= 0.3 is 0 Å². The Morgan fingerprint density at radius 1 is 0.842 bits per heavy atom. The van der Waals surface area contributed by atoms with Gasteiger partial charge in [-0.3, -0.25) is 0 Å². The SMILES string of the molecule is CNC(c1cc(F)cc(F)c1)c1ccc(F)cc1F. The average molecular weight is 269 g/mol. The maximum Gasteiger partial charge on any atom is 0.131 e. The molecule has 0 aromatic heterocycles. The number of rotatable bonds is 3. The highest BCUT2D eigenvalue weighted by molar-refractivity contribution is 5.33. The molecule has 2 aromatic carbocycles. The fourth-order valence-electron chi connectivity index (χ4n) is 1.98. The van der Waals surface area contributed by atoms with Crippen molar-refractivity contribution in [1.29, 1.82) is 0 Å². The lowest BCUT2D eigenvalue weighted by Crippen LogP contribution is -2.19. The molecule has 0 fully saturated rings. The lowest BCUT2D eigenvalue weighted by molar-refractivity contribution is 0.543. The maximum absolute atomic E-state index is 13.7. The van der Waals surface area contributed by atoms with Crippen LogP contribution in [0.5, 0.6) is 0 Å². The van der Waals surface area contributed by atoms with Crippen molar-refractivity contribution in [2.24, 2.45) is 0 Å². The zero-order valence-electron chi connectivity index (χ0n) is 10.1. The van der Waals surface area contributed by atoms with Gasteiger partial charge in [-0.2, -0.15) is 0 Å². The van der Waals surface area contributed by atoms with E-state index in [4.69, 9.17) is 0 Å². The molecule has 0 radical (unpaired) electrons. The Morgan fingerprint density at radius 2 is 1.47 bits per heavy atom. The lowest BCUT2D eigenvalue weighted by atomic mass is 9.98. The Labute approximate surface area is 107 Å². The summed E-state index contributed by atoms with van der Waals surface area (Å²) in [6.07, 6.45) is 0. The molecule has 1 atom stereocenters. The number of halogens is 4. The molecular weight excluding hydrogens is 258 g/mol. The van der Waals surface area contributed by atoms with Gasteiger partial charge in [0, 0.05) is 17.7 Å². The first-order valence-corrected chi connectivity index (χ1v) is 5.59. The molecule has 5 heteroatoms. The van der Waals surface area contributed by atoms with Gasteiger partial charge in [-0.1, -0.05) is 6.07 Å². The number of benzene rings is 2. The fraction of sp³-hybridized carbons (Fsp3) is 0.143. The second kappa shape index (κ2) is 5.40. The van der Waals surface area contributed by atoms with Crippen LogP contribution in [0.4, 0.5) is 17.6 Å². The number of nitrogens with one attached hydrogen (secondary N) is 1. The van der Waals surface area contributed by atoms with Crippen molar-refractivity contribution in [3.63, 3.8) is 0 Å². The molecule has 0 amide bonds. The molecule has 0 bridgehead atoms. The van der Waals surface area contributed by atoms with Crippen LogP contribution in [0.3, 0.4) is 0 Å². The van der Waals surface area contributed by atoms with Crippen LogP contribution in [0.1, 0.15) is 17.2 Å². The van der Waals surface area contributed by atoms with E-state index in [0.717, 1.165) is 30.3 Å². The van der Waals surface area contributed by atoms with Gasteiger partial charge in [-0.05, 0) is 30.8 Å². The standard InChI is InChI=1S/C14H11F4N/c1-19-14(8-4-10(16)6-11(17)5-8)12-3-2-9(15)7-13(12)18/h2-7,14,19H,1H3. The van der Waals surface area contributed by atoms with Crippen LogP contribution in [-0.2, 0) is 0 Å². The van der Waals surface area contributed by atoms with Crippen molar-refractivity contribution in [1.82, 2.24) is 5.32 Å². The third-order valence-corrected chi connectivity index (χ3v) is 2.78. The van der Waals surface area contributed by atoms with Crippen LogP contribution in [0, 0.1) is 23.3 Å². The predicted molar refractivity (Wildman–Crippen MR) is 63.6 cm³/mol. The van der Waals surface area contributed by atoms with Crippen LogP contribution in [-0.4, -0.2) is 7.05 Å². The van der Waals surface area contributed by atoms with E-state index in [1.54, 1.807) is 0 Å². The van der Waals surface area contributed by atoms with Crippen molar-refractivity contribution in [3.8, 4) is 0 Å². The van der Waals surface area contributed by atoms with E-state index in [1.165, 1.54) is 13.1 Å². The lowest BCUT2D eigenvalue weighted by Gasteiger charge is -2.18. The minimum Gasteiger partial charge on any atom is -0.309 e. The third-order valence-electron chi connectivity index (χ3n) is 2.78. The first-order valence-electron chi connectivity index (χ1n) is 5.59. The van der Waals surface area contributed by atoms with Crippen LogP contribution in [0.25, 0.3) is 0 Å². The van der Waals surface area contributed by atoms with Crippen LogP contribution < -0.4 is 5.32 Å². The van der Waals surface area contributed by atoms with Gasteiger partial charge in [0.25, 0.3) is 0 Å². The molecule has 0 aliphatic carbocycles. The van der Waals surface area contributed by atoms with Gasteiger partial charge in [-0.15, -0.1) is 0 Å². The smallest absolute Gasteiger partial charge is 0.131 e. The summed E-state index contributed by atoms with van der Waals surface area (Å²) in [5.74, 6) is -2.99. The van der Waals surface area contributed by atoms with Crippen molar-refractivity contribution in [2.75, 3.05) is 7.05 Å². The van der Waals surface area contributed by atoms with E-state index in [0.29, 0.717) is 0 Å². The molecule has 0 aliphatic rings. The maximum atomic E-state index is 13.7. The van der Waals surface area contributed by atoms with E-state index in [9.17, 15) is 17.6 Å². The van der Waals surface area contributed by atoms with E-state index in [-0.39, 0.29) is 11.1 Å². The minimum absolute atomic E-state index is 0.119. The molecule has 0 heterocycles. The molecule has 1 unspecified atom stereocenters. The molecule has 2 rings (SSSR count). The molecule has 2 aromatic rings. The molecule has 19 heavy (non-hydrogen) atoms. The Morgan fingerprint density at radius 3 is 2.00 bits per heavy atom. The highest BCUT2D eigenvalue weighted by Gasteiger charge is 2.18. The van der Waals surface area contributed by atoms with E-state index < -0.39 is 29.3 Å². The van der Waals surface area contributed by atoms with Crippen molar-refractivity contribution < 1.29 is 17.6 Å². The number of hydrogen-bond donors (Lipinski definition) is 1. The number of hydrogen-bond acceptors (Lipinski definition) is 1. The Kier molecular flexibility index (Phi) is 3.85. The summed E-state index contributed by atoms with van der Waals surface area (Å²) in [7, 11) is 1.52. The summed E-state index contributed by atoms with van der Waals surface area (Å²) in [6.45, 7) is 0. The molecule has 0 saturated carbocycles. The van der Waals surface area contributed by atoms with Gasteiger partial charge in [-0.25, -0.2) is 17.6 Å². The summed E-state index contributed by atoms with van der Waals surface area (Å²) >= 11 is 0. The molecular formula is C14H11F4N. The summed E-state index contributed by atoms with van der Waals surface area (Å²) in [5, 5.41) is 2.75. The first-order chi connectivity index (χ1) is 9.01. The van der Waals surface area contributed by atoms with Crippen LogP contribution in [0.2, 0.25) is 0 Å². The minimum atomic E-state index is -0.774. The van der Waals surface area contributed by atoms with E-state index in [1.807, 2.05) is 0 Å². The molecule has 100 valence electrons. The van der Waals surface area contributed by atoms with Crippen molar-refractivity contribution in [2.45, 2.75) is 6.04 Å². The van der Waals surface area contributed by atoms with Crippen LogP contribution in [0.15, 0.2) is 36.4 Å². The first kappa shape index (κ1) is 13.5. The van der Waals surface area contributed by atoms with Gasteiger partial charge in [0.2, 0.25) is 0 Å². The quantitative estimate of drug-likeness (QED) is 0.840. The summed E-state index contributed by atoms with van der Waals surface area (Å²) in [6, 6.07) is 5.26. The van der Waals surface area contributed by atoms with Crippen molar-refractivity contribution >= 4 is 0 Å². The fourth-order valence-corrected chi connectivity index (χ4v) is 1.98. The predicted octanol–water partition coefficient (Wildman–Crippen LogP) is 3.55. The highest BCUT2D eigenvalue weighted by atomic mass is 19.1. The average Bonchev–Trinajstić information content (AvgIpc) is 2.31. The van der Waals surface area contributed by atoms with Gasteiger partial charge in [0.1, 0.15) is 23.3 Å². The Balaban J connectivity index is 2.49. The van der Waals surface area contributed by atoms with Crippen LogP contribution >= 0.6 is 0 Å². The molecule has 0 spiro atoms. The molecule has 0 saturated heterocycles. The van der Waals surface area contributed by atoms with E-state index >= 15 is 0 Å².